The first-order valence-corrected chi connectivity index (χ1v) is 14.0. The van der Waals surface area contributed by atoms with Gasteiger partial charge >= 0.3 is 5.97 Å². The van der Waals surface area contributed by atoms with E-state index in [2.05, 4.69) is 73.8 Å². The molecule has 1 atom stereocenters. The minimum absolute atomic E-state index is 0.633. The largest absolute Gasteiger partial charge is 0.367 e. The number of methoxy groups -OCH3 is 3. The van der Waals surface area contributed by atoms with Crippen LogP contribution in [0.5, 0.6) is 0 Å². The van der Waals surface area contributed by atoms with Crippen LogP contribution in [0.3, 0.4) is 0 Å². The Labute approximate surface area is 192 Å². The van der Waals surface area contributed by atoms with Gasteiger partial charge in [0.1, 0.15) is 0 Å². The number of rotatable bonds is 6. The Morgan fingerprint density at radius 1 is 0.625 bits per heavy atom. The average molecular weight is 449 g/mol. The summed E-state index contributed by atoms with van der Waals surface area (Å²) in [4.78, 5) is 0. The smallest absolute Gasteiger partial charge is 0.309 e. The van der Waals surface area contributed by atoms with Gasteiger partial charge in [0.25, 0.3) is 0 Å². The highest BCUT2D eigenvalue weighted by molar-refractivity contribution is 6.71. The normalized spacial score (nSPS) is 23.5. The van der Waals surface area contributed by atoms with Crippen LogP contribution in [0.2, 0.25) is 19.1 Å². The van der Waals surface area contributed by atoms with Crippen molar-refractivity contribution in [2.45, 2.75) is 36.1 Å². The standard InChI is InChI=1S/C27H32O4Si/c1-28-26(24-19-13-8-14-20-24)25(22-15-9-6-10-16-22,23-17-11-7-12-18-23)21-32(4,5)31-27(26,29-2)30-3/h6-20H,21H2,1-5H3. The molecule has 1 unspecified atom stereocenters. The van der Waals surface area contributed by atoms with Gasteiger partial charge in [-0.1, -0.05) is 91.0 Å². The fourth-order valence-electron chi connectivity index (χ4n) is 5.69. The van der Waals surface area contributed by atoms with Crippen LogP contribution in [0.4, 0.5) is 0 Å². The van der Waals surface area contributed by atoms with Crippen molar-refractivity contribution in [2.24, 2.45) is 0 Å². The van der Waals surface area contributed by atoms with Crippen molar-refractivity contribution in [1.29, 1.82) is 0 Å². The summed E-state index contributed by atoms with van der Waals surface area (Å²) in [7, 11) is 2.66. The lowest BCUT2D eigenvalue weighted by Crippen LogP contribution is -2.75. The predicted octanol–water partition coefficient (Wildman–Crippen LogP) is 5.70. The van der Waals surface area contributed by atoms with Gasteiger partial charge in [-0.3, -0.25) is 0 Å². The number of hydrogen-bond donors (Lipinski definition) is 0. The molecule has 1 aliphatic heterocycles. The van der Waals surface area contributed by atoms with E-state index in [-0.39, 0.29) is 0 Å². The van der Waals surface area contributed by atoms with Gasteiger partial charge in [-0.05, 0) is 35.8 Å². The summed E-state index contributed by atoms with van der Waals surface area (Å²) in [5.74, 6) is -1.46. The second-order valence-corrected chi connectivity index (χ2v) is 13.0. The number of ether oxygens (including phenoxy) is 3. The zero-order valence-corrected chi connectivity index (χ0v) is 20.5. The average Bonchev–Trinajstić information content (AvgIpc) is 2.84. The quantitative estimate of drug-likeness (QED) is 0.358. The summed E-state index contributed by atoms with van der Waals surface area (Å²) in [6.45, 7) is 4.43. The second kappa shape index (κ2) is 8.58. The summed E-state index contributed by atoms with van der Waals surface area (Å²) in [6, 6.07) is 32.1. The van der Waals surface area contributed by atoms with Crippen molar-refractivity contribution in [3.05, 3.63) is 108 Å². The van der Waals surface area contributed by atoms with Gasteiger partial charge in [-0.2, -0.15) is 0 Å². The minimum atomic E-state index is -2.34. The van der Waals surface area contributed by atoms with Crippen LogP contribution in [0.25, 0.3) is 0 Å². The molecule has 0 amide bonds. The third-order valence-electron chi connectivity index (χ3n) is 6.69. The predicted molar refractivity (Wildman–Crippen MR) is 129 cm³/mol. The Hall–Kier alpha value is -2.28. The van der Waals surface area contributed by atoms with Crippen molar-refractivity contribution in [2.75, 3.05) is 21.3 Å². The summed E-state index contributed by atoms with van der Waals surface area (Å²) >= 11 is 0. The van der Waals surface area contributed by atoms with Gasteiger partial charge in [0.05, 0.1) is 5.41 Å². The maximum atomic E-state index is 6.79. The van der Waals surface area contributed by atoms with E-state index in [9.17, 15) is 0 Å². The lowest BCUT2D eigenvalue weighted by atomic mass is 9.60. The first kappa shape index (κ1) is 22.9. The molecule has 0 radical (unpaired) electrons. The van der Waals surface area contributed by atoms with E-state index in [1.807, 2.05) is 30.3 Å². The molecule has 5 heteroatoms. The van der Waals surface area contributed by atoms with E-state index in [1.54, 1.807) is 21.3 Å². The van der Waals surface area contributed by atoms with Gasteiger partial charge in [0.15, 0.2) is 13.9 Å². The van der Waals surface area contributed by atoms with Gasteiger partial charge in [-0.15, -0.1) is 0 Å². The van der Waals surface area contributed by atoms with Crippen molar-refractivity contribution in [3.63, 3.8) is 0 Å². The van der Waals surface area contributed by atoms with E-state index in [1.165, 1.54) is 0 Å². The molecule has 0 N–H and O–H groups in total. The molecule has 0 aliphatic carbocycles. The van der Waals surface area contributed by atoms with E-state index in [4.69, 9.17) is 18.6 Å². The Morgan fingerprint density at radius 2 is 1.03 bits per heavy atom. The lowest BCUT2D eigenvalue weighted by Gasteiger charge is -2.63. The molecule has 1 heterocycles. The Bertz CT molecular complexity index is 980. The first-order valence-electron chi connectivity index (χ1n) is 10.9. The van der Waals surface area contributed by atoms with Gasteiger partial charge in [0.2, 0.25) is 0 Å². The van der Waals surface area contributed by atoms with Crippen molar-refractivity contribution >= 4 is 8.32 Å². The fourth-order valence-corrected chi connectivity index (χ4v) is 8.73. The molecular formula is C27H32O4Si. The zero-order valence-electron chi connectivity index (χ0n) is 19.5. The molecule has 1 saturated heterocycles. The maximum absolute atomic E-state index is 6.79. The molecule has 4 rings (SSSR count). The van der Waals surface area contributed by atoms with Crippen molar-refractivity contribution in [3.8, 4) is 0 Å². The van der Waals surface area contributed by atoms with Crippen molar-refractivity contribution < 1.29 is 18.6 Å². The van der Waals surface area contributed by atoms with Gasteiger partial charge in [0, 0.05) is 21.3 Å². The summed E-state index contributed by atoms with van der Waals surface area (Å²) in [5, 5.41) is 0. The van der Waals surface area contributed by atoms with E-state index in [0.717, 1.165) is 22.7 Å². The molecule has 3 aromatic rings. The highest BCUT2D eigenvalue weighted by Gasteiger charge is 2.74. The van der Waals surface area contributed by atoms with Crippen LogP contribution < -0.4 is 0 Å². The molecular weight excluding hydrogens is 416 g/mol. The Kier molecular flexibility index (Phi) is 6.14. The van der Waals surface area contributed by atoms with Crippen LogP contribution in [0.15, 0.2) is 91.0 Å². The number of hydrogen-bond acceptors (Lipinski definition) is 4. The number of benzene rings is 3. The van der Waals surface area contributed by atoms with Gasteiger partial charge < -0.3 is 18.6 Å². The SMILES string of the molecule is COC1(OC)O[Si](C)(C)CC(c2ccccc2)(c2ccccc2)C1(OC)c1ccccc1. The molecule has 3 aromatic carbocycles. The molecule has 4 nitrogen and oxygen atoms in total. The molecule has 1 fully saturated rings. The summed E-state index contributed by atoms with van der Waals surface area (Å²) in [6.07, 6.45) is 0. The first-order chi connectivity index (χ1) is 15.4. The van der Waals surface area contributed by atoms with Crippen LogP contribution >= 0.6 is 0 Å². The summed E-state index contributed by atoms with van der Waals surface area (Å²) < 4.78 is 25.8. The highest BCUT2D eigenvalue weighted by Crippen LogP contribution is 2.63. The molecule has 0 aromatic heterocycles. The van der Waals surface area contributed by atoms with Gasteiger partial charge in [-0.25, -0.2) is 0 Å². The topological polar surface area (TPSA) is 36.9 Å². The van der Waals surface area contributed by atoms with Crippen LogP contribution in [-0.2, 0) is 29.7 Å². The third-order valence-corrected chi connectivity index (χ3v) is 8.89. The monoisotopic (exact) mass is 448 g/mol. The van der Waals surface area contributed by atoms with Crippen LogP contribution in [0, 0.1) is 0 Å². The minimum Gasteiger partial charge on any atom is -0.367 e. The molecule has 0 saturated carbocycles. The van der Waals surface area contributed by atoms with Crippen LogP contribution in [0.1, 0.15) is 16.7 Å². The second-order valence-electron chi connectivity index (χ2n) is 8.89. The zero-order chi connectivity index (χ0) is 22.9. The van der Waals surface area contributed by atoms with E-state index in [0.29, 0.717) is 0 Å². The molecule has 0 spiro atoms. The fraction of sp³-hybridized carbons (Fsp3) is 0.333. The molecule has 168 valence electrons. The van der Waals surface area contributed by atoms with Crippen LogP contribution in [-0.4, -0.2) is 35.6 Å². The lowest BCUT2D eigenvalue weighted by molar-refractivity contribution is -0.428. The molecule has 0 bridgehead atoms. The Morgan fingerprint density at radius 3 is 1.41 bits per heavy atom. The Balaban J connectivity index is 2.22. The maximum Gasteiger partial charge on any atom is 0.309 e. The highest BCUT2D eigenvalue weighted by atomic mass is 28.4. The summed E-state index contributed by atoms with van der Waals surface area (Å²) in [5.41, 5.74) is 1.45. The van der Waals surface area contributed by atoms with Crippen molar-refractivity contribution in [1.82, 2.24) is 0 Å². The molecule has 1 aliphatic rings. The third kappa shape index (κ3) is 3.19. The molecule has 32 heavy (non-hydrogen) atoms. The van der Waals surface area contributed by atoms with E-state index < -0.39 is 25.3 Å². The van der Waals surface area contributed by atoms with E-state index >= 15 is 0 Å².